The van der Waals surface area contributed by atoms with Crippen LogP contribution < -0.4 is 10.6 Å². The summed E-state index contributed by atoms with van der Waals surface area (Å²) in [6.45, 7) is 12.1. The molecule has 0 atom stereocenters. The van der Waals surface area contributed by atoms with Crippen molar-refractivity contribution in [1.29, 1.82) is 0 Å². The minimum atomic E-state index is -0.204. The molecule has 1 aromatic carbocycles. The smallest absolute Gasteiger partial charge is 0.243 e. The summed E-state index contributed by atoms with van der Waals surface area (Å²) in [7, 11) is 0. The molecular weight excluding hydrogens is 296 g/mol. The predicted molar refractivity (Wildman–Crippen MR) is 94.5 cm³/mol. The van der Waals surface area contributed by atoms with Gasteiger partial charge in [0.25, 0.3) is 0 Å². The normalized spacial score (nSPS) is 11.2. The number of aryl methyl sites for hydroxylation is 3. The summed E-state index contributed by atoms with van der Waals surface area (Å²) in [5, 5.41) is 5.53. The molecule has 0 unspecified atom stereocenters. The van der Waals surface area contributed by atoms with Gasteiger partial charge in [0.1, 0.15) is 0 Å². The van der Waals surface area contributed by atoms with Gasteiger partial charge in [0.05, 0.1) is 12.3 Å². The van der Waals surface area contributed by atoms with E-state index in [0.717, 1.165) is 16.8 Å². The van der Waals surface area contributed by atoms with Crippen molar-refractivity contribution in [2.45, 2.75) is 46.3 Å². The van der Waals surface area contributed by atoms with Crippen molar-refractivity contribution < 1.29 is 9.59 Å². The van der Waals surface area contributed by atoms with E-state index in [9.17, 15) is 9.59 Å². The van der Waals surface area contributed by atoms with E-state index in [2.05, 4.69) is 31.4 Å². The van der Waals surface area contributed by atoms with Crippen molar-refractivity contribution in [2.75, 3.05) is 17.6 Å². The molecule has 0 spiro atoms. The molecule has 0 aliphatic heterocycles. The number of hydrogen-bond donors (Lipinski definition) is 2. The Morgan fingerprint density at radius 1 is 1.05 bits per heavy atom. The molecule has 0 radical (unpaired) electrons. The van der Waals surface area contributed by atoms with E-state index in [0.29, 0.717) is 5.75 Å². The average molecular weight is 322 g/mol. The molecule has 0 aliphatic rings. The fourth-order valence-electron chi connectivity index (χ4n) is 2.07. The van der Waals surface area contributed by atoms with E-state index in [1.165, 1.54) is 5.56 Å². The van der Waals surface area contributed by atoms with E-state index in [-0.39, 0.29) is 23.1 Å². The van der Waals surface area contributed by atoms with Crippen molar-refractivity contribution in [3.63, 3.8) is 0 Å². The molecular formula is C17H26N2O2S. The largest absolute Gasteiger partial charge is 0.346 e. The summed E-state index contributed by atoms with van der Waals surface area (Å²) in [6, 6.07) is 4.06. The Morgan fingerprint density at radius 2 is 1.59 bits per heavy atom. The topological polar surface area (TPSA) is 58.2 Å². The van der Waals surface area contributed by atoms with Crippen LogP contribution in [0.4, 0.5) is 5.69 Å². The van der Waals surface area contributed by atoms with Crippen molar-refractivity contribution in [3.05, 3.63) is 28.8 Å². The lowest BCUT2D eigenvalue weighted by molar-refractivity contribution is -0.122. The van der Waals surface area contributed by atoms with Crippen molar-refractivity contribution in [2.24, 2.45) is 0 Å². The Hall–Kier alpha value is -1.49. The number of benzene rings is 1. The van der Waals surface area contributed by atoms with Gasteiger partial charge in [0.15, 0.2) is 0 Å². The summed E-state index contributed by atoms with van der Waals surface area (Å²) in [5.74, 6) is 0.0379. The van der Waals surface area contributed by atoms with Crippen LogP contribution in [0.3, 0.4) is 0 Å². The van der Waals surface area contributed by atoms with Gasteiger partial charge >= 0.3 is 0 Å². The SMILES string of the molecule is Cc1cc(C)c(NC(=O)CNC(=O)CSC(C)(C)C)c(C)c1. The third-order valence-electron chi connectivity index (χ3n) is 3.02. The summed E-state index contributed by atoms with van der Waals surface area (Å²) < 4.78 is 0.0374. The van der Waals surface area contributed by atoms with Gasteiger partial charge in [-0.05, 0) is 31.9 Å². The zero-order valence-corrected chi connectivity index (χ0v) is 15.1. The second-order valence-electron chi connectivity index (χ2n) is 6.50. The van der Waals surface area contributed by atoms with Gasteiger partial charge in [-0.15, -0.1) is 11.8 Å². The molecule has 0 aliphatic carbocycles. The highest BCUT2D eigenvalue weighted by molar-refractivity contribution is 8.01. The Kier molecular flexibility index (Phi) is 6.48. The third-order valence-corrected chi connectivity index (χ3v) is 4.30. The second-order valence-corrected chi connectivity index (χ2v) is 8.30. The van der Waals surface area contributed by atoms with Gasteiger partial charge in [-0.1, -0.05) is 38.5 Å². The monoisotopic (exact) mass is 322 g/mol. The van der Waals surface area contributed by atoms with Crippen molar-refractivity contribution in [3.8, 4) is 0 Å². The summed E-state index contributed by atoms with van der Waals surface area (Å²) in [6.07, 6.45) is 0. The van der Waals surface area contributed by atoms with Crippen LogP contribution in [0.1, 0.15) is 37.5 Å². The van der Waals surface area contributed by atoms with Gasteiger partial charge in [-0.2, -0.15) is 0 Å². The van der Waals surface area contributed by atoms with Gasteiger partial charge < -0.3 is 10.6 Å². The maximum atomic E-state index is 12.0. The van der Waals surface area contributed by atoms with Crippen LogP contribution in [0.15, 0.2) is 12.1 Å². The lowest BCUT2D eigenvalue weighted by Gasteiger charge is -2.17. The fourth-order valence-corrected chi connectivity index (χ4v) is 2.74. The van der Waals surface area contributed by atoms with E-state index < -0.39 is 0 Å². The Bertz CT molecular complexity index is 539. The molecule has 122 valence electrons. The summed E-state index contributed by atoms with van der Waals surface area (Å²) in [4.78, 5) is 23.7. The van der Waals surface area contributed by atoms with Crippen LogP contribution in [-0.4, -0.2) is 28.9 Å². The third kappa shape index (κ3) is 6.52. The molecule has 1 rings (SSSR count). The lowest BCUT2D eigenvalue weighted by atomic mass is 10.1. The van der Waals surface area contributed by atoms with Gasteiger partial charge in [0.2, 0.25) is 11.8 Å². The van der Waals surface area contributed by atoms with E-state index in [4.69, 9.17) is 0 Å². The minimum Gasteiger partial charge on any atom is -0.346 e. The number of anilines is 1. The number of thioether (sulfide) groups is 1. The highest BCUT2D eigenvalue weighted by Crippen LogP contribution is 2.23. The first-order valence-corrected chi connectivity index (χ1v) is 8.35. The molecule has 5 heteroatoms. The number of rotatable bonds is 5. The van der Waals surface area contributed by atoms with Gasteiger partial charge in [-0.25, -0.2) is 0 Å². The Morgan fingerprint density at radius 3 is 2.09 bits per heavy atom. The van der Waals surface area contributed by atoms with Crippen LogP contribution in [0.2, 0.25) is 0 Å². The molecule has 0 saturated heterocycles. The number of nitrogens with one attached hydrogen (secondary N) is 2. The molecule has 1 aromatic rings. The van der Waals surface area contributed by atoms with Crippen LogP contribution >= 0.6 is 11.8 Å². The maximum Gasteiger partial charge on any atom is 0.243 e. The second kappa shape index (κ2) is 7.68. The maximum absolute atomic E-state index is 12.0. The zero-order chi connectivity index (χ0) is 16.9. The molecule has 22 heavy (non-hydrogen) atoms. The number of amides is 2. The van der Waals surface area contributed by atoms with E-state index in [1.54, 1.807) is 11.8 Å². The number of carbonyl (C=O) groups is 2. The highest BCUT2D eigenvalue weighted by atomic mass is 32.2. The molecule has 0 saturated carbocycles. The van der Waals surface area contributed by atoms with Crippen LogP contribution in [0.25, 0.3) is 0 Å². The zero-order valence-electron chi connectivity index (χ0n) is 14.3. The van der Waals surface area contributed by atoms with Crippen molar-refractivity contribution >= 4 is 29.3 Å². The number of carbonyl (C=O) groups excluding carboxylic acids is 2. The minimum absolute atomic E-state index is 0.00368. The molecule has 2 N–H and O–H groups in total. The van der Waals surface area contributed by atoms with E-state index in [1.807, 2.05) is 32.9 Å². The standard InChI is InChI=1S/C17H26N2O2S/c1-11-7-12(2)16(13(3)8-11)19-14(20)9-18-15(21)10-22-17(4,5)6/h7-8H,9-10H2,1-6H3,(H,18,21)(H,19,20). The first-order chi connectivity index (χ1) is 10.1. The first-order valence-electron chi connectivity index (χ1n) is 7.37. The average Bonchev–Trinajstić information content (AvgIpc) is 2.37. The molecule has 0 bridgehead atoms. The number of hydrogen-bond acceptors (Lipinski definition) is 3. The van der Waals surface area contributed by atoms with Gasteiger partial charge in [-0.3, -0.25) is 9.59 Å². The quantitative estimate of drug-likeness (QED) is 0.875. The molecule has 4 nitrogen and oxygen atoms in total. The highest BCUT2D eigenvalue weighted by Gasteiger charge is 2.14. The van der Waals surface area contributed by atoms with Gasteiger partial charge in [0, 0.05) is 10.4 Å². The van der Waals surface area contributed by atoms with Crippen LogP contribution in [0, 0.1) is 20.8 Å². The molecule has 2 amide bonds. The molecule has 0 fully saturated rings. The Labute approximate surface area is 137 Å². The lowest BCUT2D eigenvalue weighted by Crippen LogP contribution is -2.34. The Balaban J connectivity index is 2.49. The molecule has 0 heterocycles. The van der Waals surface area contributed by atoms with Crippen LogP contribution in [-0.2, 0) is 9.59 Å². The van der Waals surface area contributed by atoms with E-state index >= 15 is 0 Å². The fraction of sp³-hybridized carbons (Fsp3) is 0.529. The van der Waals surface area contributed by atoms with Crippen LogP contribution in [0.5, 0.6) is 0 Å². The predicted octanol–water partition coefficient (Wildman–Crippen LogP) is 3.20. The first kappa shape index (κ1) is 18.6. The summed E-state index contributed by atoms with van der Waals surface area (Å²) in [5.41, 5.74) is 4.05. The molecule has 0 aromatic heterocycles. The van der Waals surface area contributed by atoms with Crippen molar-refractivity contribution in [1.82, 2.24) is 5.32 Å². The summed E-state index contributed by atoms with van der Waals surface area (Å²) >= 11 is 1.56.